The molecule has 180 valence electrons. The molecule has 12 atom stereocenters. The average molecular weight is 449 g/mol. The summed E-state index contributed by atoms with van der Waals surface area (Å²) in [5.74, 6) is -0.496. The highest BCUT2D eigenvalue weighted by molar-refractivity contribution is 5.66. The molecule has 1 unspecified atom stereocenters. The molecular formula is C21H36O10. The van der Waals surface area contributed by atoms with E-state index in [0.717, 1.165) is 0 Å². The van der Waals surface area contributed by atoms with E-state index in [1.54, 1.807) is 13.8 Å². The van der Waals surface area contributed by atoms with Crippen LogP contribution in [0.2, 0.25) is 0 Å². The lowest BCUT2D eigenvalue weighted by molar-refractivity contribution is -0.326. The molecule has 10 heteroatoms. The highest BCUT2D eigenvalue weighted by Crippen LogP contribution is 2.31. The molecule has 3 heterocycles. The molecule has 0 amide bonds. The van der Waals surface area contributed by atoms with Crippen LogP contribution < -0.4 is 0 Å². The summed E-state index contributed by atoms with van der Waals surface area (Å²) in [5.41, 5.74) is 0. The van der Waals surface area contributed by atoms with E-state index in [1.807, 2.05) is 13.8 Å². The Morgan fingerprint density at radius 1 is 0.774 bits per heavy atom. The number of rotatable bonds is 5. The smallest absolute Gasteiger partial charge is 0.302 e. The topological polar surface area (TPSA) is 133 Å². The van der Waals surface area contributed by atoms with E-state index < -0.39 is 67.4 Å². The number of carbonyl (C=O) groups is 1. The summed E-state index contributed by atoms with van der Waals surface area (Å²) in [5, 5.41) is 31.2. The Morgan fingerprint density at radius 2 is 1.29 bits per heavy atom. The Bertz CT molecular complexity index is 579. The highest BCUT2D eigenvalue weighted by atomic mass is 16.7. The maximum Gasteiger partial charge on any atom is 0.302 e. The number of aliphatic hydroxyl groups is 3. The van der Waals surface area contributed by atoms with Gasteiger partial charge in [0.05, 0.1) is 36.6 Å². The molecule has 0 aromatic heterocycles. The maximum absolute atomic E-state index is 11.3. The van der Waals surface area contributed by atoms with Crippen LogP contribution in [0.4, 0.5) is 0 Å². The van der Waals surface area contributed by atoms with Crippen LogP contribution in [0.5, 0.6) is 0 Å². The van der Waals surface area contributed by atoms with Crippen molar-refractivity contribution in [2.75, 3.05) is 0 Å². The minimum atomic E-state index is -0.958. The molecule has 0 spiro atoms. The summed E-state index contributed by atoms with van der Waals surface area (Å²) in [4.78, 5) is 11.3. The van der Waals surface area contributed by atoms with Gasteiger partial charge in [0.25, 0.3) is 0 Å². The number of ether oxygens (including phenoxy) is 6. The molecule has 3 saturated heterocycles. The minimum absolute atomic E-state index is 0.0494. The van der Waals surface area contributed by atoms with E-state index in [0.29, 0.717) is 6.42 Å². The molecule has 3 N–H and O–H groups in total. The van der Waals surface area contributed by atoms with Gasteiger partial charge in [-0.15, -0.1) is 0 Å². The number of carbonyl (C=O) groups excluding carboxylic acids is 1. The number of hydrogen-bond donors (Lipinski definition) is 3. The molecule has 0 aromatic rings. The summed E-state index contributed by atoms with van der Waals surface area (Å²) in [6.07, 6.45) is -6.75. The van der Waals surface area contributed by atoms with E-state index in [9.17, 15) is 20.1 Å². The predicted octanol–water partition coefficient (Wildman–Crippen LogP) is 0.238. The summed E-state index contributed by atoms with van der Waals surface area (Å²) < 4.78 is 34.4. The Hall–Kier alpha value is -0.850. The standard InChI is InChI=1S/C21H36O10/c1-9-6-14(23)20(11(3)26-9)30-17-7-15(24)21(12(4)28-17)31-18-8-16(29-13(5)22)19(25)10(2)27-18/h9-12,14-21,23-25H,6-8H2,1-5H3/t9-,10-,11-,12-,14+,15+,16+,17?,18+,19-,20-,21-/m1/s1. The van der Waals surface area contributed by atoms with Crippen LogP contribution in [-0.4, -0.2) is 94.9 Å². The van der Waals surface area contributed by atoms with Crippen molar-refractivity contribution in [1.29, 1.82) is 0 Å². The van der Waals surface area contributed by atoms with Crippen molar-refractivity contribution in [2.24, 2.45) is 0 Å². The van der Waals surface area contributed by atoms with E-state index in [1.165, 1.54) is 6.92 Å². The zero-order valence-corrected chi connectivity index (χ0v) is 18.7. The number of aliphatic hydroxyl groups excluding tert-OH is 3. The Morgan fingerprint density at radius 3 is 1.84 bits per heavy atom. The van der Waals surface area contributed by atoms with Crippen LogP contribution in [0.3, 0.4) is 0 Å². The SMILES string of the molecule is CC(=O)O[C@H]1C[C@H](O[C@H]2[C@@H](O)CC(O[C@H]3[C@@H](O)C[C@@H](C)O[C@@H]3C)O[C@@H]2C)O[C@H](C)[C@H]1O. The minimum Gasteiger partial charge on any atom is -0.459 e. The molecule has 0 aromatic carbocycles. The van der Waals surface area contributed by atoms with Crippen molar-refractivity contribution in [1.82, 2.24) is 0 Å². The third kappa shape index (κ3) is 6.14. The first-order chi connectivity index (χ1) is 14.5. The lowest BCUT2D eigenvalue weighted by Crippen LogP contribution is -2.56. The second-order valence-corrected chi connectivity index (χ2v) is 8.88. The maximum atomic E-state index is 11.3. The first-order valence-electron chi connectivity index (χ1n) is 11.0. The molecule has 31 heavy (non-hydrogen) atoms. The molecule has 0 aliphatic carbocycles. The second-order valence-electron chi connectivity index (χ2n) is 8.88. The van der Waals surface area contributed by atoms with Crippen molar-refractivity contribution < 1.29 is 48.5 Å². The van der Waals surface area contributed by atoms with Gasteiger partial charge in [0.2, 0.25) is 0 Å². The molecule has 0 radical (unpaired) electrons. The average Bonchev–Trinajstić information content (AvgIpc) is 2.64. The lowest BCUT2D eigenvalue weighted by Gasteiger charge is -2.44. The predicted molar refractivity (Wildman–Crippen MR) is 106 cm³/mol. The number of esters is 1. The van der Waals surface area contributed by atoms with Gasteiger partial charge in [0.1, 0.15) is 24.4 Å². The van der Waals surface area contributed by atoms with Gasteiger partial charge in [-0.3, -0.25) is 4.79 Å². The van der Waals surface area contributed by atoms with Crippen molar-refractivity contribution >= 4 is 5.97 Å². The molecule has 3 rings (SSSR count). The van der Waals surface area contributed by atoms with Crippen LogP contribution in [0.1, 0.15) is 53.9 Å². The zero-order valence-electron chi connectivity index (χ0n) is 18.7. The fourth-order valence-corrected chi connectivity index (χ4v) is 4.57. The first-order valence-corrected chi connectivity index (χ1v) is 11.0. The summed E-state index contributed by atoms with van der Waals surface area (Å²) in [6.45, 7) is 8.44. The zero-order chi connectivity index (χ0) is 22.9. The summed E-state index contributed by atoms with van der Waals surface area (Å²) >= 11 is 0. The van der Waals surface area contributed by atoms with E-state index in [2.05, 4.69) is 0 Å². The van der Waals surface area contributed by atoms with Gasteiger partial charge in [0.15, 0.2) is 12.6 Å². The van der Waals surface area contributed by atoms with Crippen LogP contribution in [0.15, 0.2) is 0 Å². The fraction of sp³-hybridized carbons (Fsp3) is 0.952. The van der Waals surface area contributed by atoms with E-state index in [-0.39, 0.29) is 25.0 Å². The molecule has 3 aliphatic rings. The van der Waals surface area contributed by atoms with Crippen LogP contribution >= 0.6 is 0 Å². The van der Waals surface area contributed by atoms with E-state index >= 15 is 0 Å². The van der Waals surface area contributed by atoms with Gasteiger partial charge in [0, 0.05) is 26.2 Å². The largest absolute Gasteiger partial charge is 0.459 e. The molecule has 10 nitrogen and oxygen atoms in total. The van der Waals surface area contributed by atoms with Crippen LogP contribution in [0, 0.1) is 0 Å². The van der Waals surface area contributed by atoms with Gasteiger partial charge in [-0.05, 0) is 27.7 Å². The van der Waals surface area contributed by atoms with Gasteiger partial charge in [-0.2, -0.15) is 0 Å². The Balaban J connectivity index is 1.56. The first kappa shape index (κ1) is 24.8. The van der Waals surface area contributed by atoms with Crippen molar-refractivity contribution in [3.63, 3.8) is 0 Å². The molecule has 0 saturated carbocycles. The second kappa shape index (κ2) is 10.4. The van der Waals surface area contributed by atoms with Crippen LogP contribution in [0.25, 0.3) is 0 Å². The van der Waals surface area contributed by atoms with Gasteiger partial charge < -0.3 is 43.7 Å². The molecule has 0 bridgehead atoms. The fourth-order valence-electron chi connectivity index (χ4n) is 4.57. The monoisotopic (exact) mass is 448 g/mol. The summed E-state index contributed by atoms with van der Waals surface area (Å²) in [6, 6.07) is 0. The third-order valence-corrected chi connectivity index (χ3v) is 6.09. The highest BCUT2D eigenvalue weighted by Gasteiger charge is 2.45. The van der Waals surface area contributed by atoms with Crippen molar-refractivity contribution in [3.8, 4) is 0 Å². The van der Waals surface area contributed by atoms with Crippen molar-refractivity contribution in [2.45, 2.75) is 128 Å². The van der Waals surface area contributed by atoms with Crippen LogP contribution in [-0.2, 0) is 33.2 Å². The van der Waals surface area contributed by atoms with Crippen molar-refractivity contribution in [3.05, 3.63) is 0 Å². The Labute approximate surface area is 182 Å². The van der Waals surface area contributed by atoms with Gasteiger partial charge in [-0.1, -0.05) is 0 Å². The Kier molecular flexibility index (Phi) is 8.31. The van der Waals surface area contributed by atoms with E-state index in [4.69, 9.17) is 28.4 Å². The molecular weight excluding hydrogens is 412 g/mol. The van der Waals surface area contributed by atoms with Gasteiger partial charge >= 0.3 is 5.97 Å². The third-order valence-electron chi connectivity index (χ3n) is 6.09. The number of hydrogen-bond acceptors (Lipinski definition) is 10. The van der Waals surface area contributed by atoms with Gasteiger partial charge in [-0.25, -0.2) is 0 Å². The molecule has 3 fully saturated rings. The quantitative estimate of drug-likeness (QED) is 0.502. The lowest BCUT2D eigenvalue weighted by atomic mass is 9.98. The molecule has 3 aliphatic heterocycles. The normalized spacial score (nSPS) is 48.9. The summed E-state index contributed by atoms with van der Waals surface area (Å²) in [7, 11) is 0.